The smallest absolute Gasteiger partial charge is 0.270 e. The van der Waals surface area contributed by atoms with Crippen LogP contribution in [0.15, 0.2) is 54.6 Å². The quantitative estimate of drug-likeness (QED) is 0.149. The Bertz CT molecular complexity index is 1450. The van der Waals surface area contributed by atoms with E-state index in [2.05, 4.69) is 74.4 Å². The van der Waals surface area contributed by atoms with Crippen molar-refractivity contribution in [1.82, 2.24) is 4.57 Å². The molecule has 0 amide bonds. The third-order valence-corrected chi connectivity index (χ3v) is 7.56. The standard InChI is InChI=1S/C32H39N3O3/c1-7-11-19-34-23(6)22(5)31-29(34)18-17-27(24-13-12-14-26(20-24)35(36)37)32(31)28-16-15-25(33(8-2)9-3)21-30(28)38-10-4/h12-18,20-21H,7-11,19H2,1-6H3. The Morgan fingerprint density at radius 2 is 1.68 bits per heavy atom. The van der Waals surface area contributed by atoms with Gasteiger partial charge in [-0.05, 0) is 75.9 Å². The number of hydrogen-bond acceptors (Lipinski definition) is 4. The average molecular weight is 514 g/mol. The SMILES string of the molecule is CCCCn1c(C)c(C)c2c(-c3ccc(N(CC)CC)cc3OCC)c(-c3cccc([N+](=O)[O-])c3)ccc21. The molecule has 4 aromatic rings. The maximum Gasteiger partial charge on any atom is 0.270 e. The maximum absolute atomic E-state index is 11.6. The minimum atomic E-state index is -0.331. The number of aromatic nitrogens is 1. The molecule has 200 valence electrons. The van der Waals surface area contributed by atoms with Crippen molar-refractivity contribution in [3.63, 3.8) is 0 Å². The Morgan fingerprint density at radius 1 is 0.947 bits per heavy atom. The third kappa shape index (κ3) is 5.00. The Balaban J connectivity index is 2.09. The highest BCUT2D eigenvalue weighted by Gasteiger charge is 2.23. The molecule has 1 heterocycles. The Hall–Kier alpha value is -3.80. The van der Waals surface area contributed by atoms with E-state index in [-0.39, 0.29) is 10.6 Å². The summed E-state index contributed by atoms with van der Waals surface area (Å²) in [5, 5.41) is 12.8. The molecule has 0 aliphatic rings. The zero-order chi connectivity index (χ0) is 27.4. The van der Waals surface area contributed by atoms with Crippen LogP contribution in [0.5, 0.6) is 5.75 Å². The third-order valence-electron chi connectivity index (χ3n) is 7.56. The van der Waals surface area contributed by atoms with E-state index in [1.807, 2.05) is 13.0 Å². The lowest BCUT2D eigenvalue weighted by molar-refractivity contribution is -0.384. The monoisotopic (exact) mass is 513 g/mol. The van der Waals surface area contributed by atoms with Gasteiger partial charge in [-0.15, -0.1) is 0 Å². The van der Waals surface area contributed by atoms with Gasteiger partial charge < -0.3 is 14.2 Å². The van der Waals surface area contributed by atoms with Crippen LogP contribution < -0.4 is 9.64 Å². The van der Waals surface area contributed by atoms with Crippen molar-refractivity contribution < 1.29 is 9.66 Å². The summed E-state index contributed by atoms with van der Waals surface area (Å²) in [5.41, 5.74) is 8.74. The van der Waals surface area contributed by atoms with Crippen molar-refractivity contribution in [3.8, 4) is 28.0 Å². The lowest BCUT2D eigenvalue weighted by Crippen LogP contribution is -2.21. The second kappa shape index (κ2) is 11.7. The molecule has 6 heteroatoms. The summed E-state index contributed by atoms with van der Waals surface area (Å²) in [6.45, 7) is 16.2. The topological polar surface area (TPSA) is 60.5 Å². The summed E-state index contributed by atoms with van der Waals surface area (Å²) < 4.78 is 8.69. The number of hydrogen-bond donors (Lipinski definition) is 0. The van der Waals surface area contributed by atoms with Crippen molar-refractivity contribution in [3.05, 3.63) is 76.0 Å². The predicted molar refractivity (Wildman–Crippen MR) is 159 cm³/mol. The van der Waals surface area contributed by atoms with Crippen molar-refractivity contribution in [2.24, 2.45) is 0 Å². The molecule has 0 spiro atoms. The largest absolute Gasteiger partial charge is 0.493 e. The lowest BCUT2D eigenvalue weighted by atomic mass is 9.89. The van der Waals surface area contributed by atoms with Gasteiger partial charge in [-0.1, -0.05) is 31.5 Å². The van der Waals surface area contributed by atoms with Crippen molar-refractivity contribution >= 4 is 22.3 Å². The molecule has 0 aliphatic carbocycles. The van der Waals surface area contributed by atoms with E-state index in [1.54, 1.807) is 18.2 Å². The number of ether oxygens (including phenoxy) is 1. The molecule has 0 unspecified atom stereocenters. The molecule has 3 aromatic carbocycles. The molecule has 0 saturated heterocycles. The van der Waals surface area contributed by atoms with Gasteiger partial charge in [-0.3, -0.25) is 10.1 Å². The van der Waals surface area contributed by atoms with Crippen LogP contribution in [-0.2, 0) is 6.54 Å². The van der Waals surface area contributed by atoms with Crippen molar-refractivity contribution in [2.45, 2.75) is 60.9 Å². The number of fused-ring (bicyclic) bond motifs is 1. The first kappa shape index (κ1) is 27.2. The molecule has 38 heavy (non-hydrogen) atoms. The van der Waals surface area contributed by atoms with Crippen LogP contribution in [0.4, 0.5) is 11.4 Å². The van der Waals surface area contributed by atoms with Gasteiger partial charge in [-0.25, -0.2) is 0 Å². The zero-order valence-electron chi connectivity index (χ0n) is 23.5. The van der Waals surface area contributed by atoms with E-state index >= 15 is 0 Å². The molecule has 0 saturated carbocycles. The number of benzene rings is 3. The number of nitro groups is 1. The van der Waals surface area contributed by atoms with Gasteiger partial charge in [0.15, 0.2) is 0 Å². The number of rotatable bonds is 11. The Labute approximate surface area is 226 Å². The van der Waals surface area contributed by atoms with Gasteiger partial charge in [0.05, 0.1) is 11.5 Å². The zero-order valence-corrected chi connectivity index (χ0v) is 23.5. The van der Waals surface area contributed by atoms with Crippen LogP contribution in [0.1, 0.15) is 51.8 Å². The summed E-state index contributed by atoms with van der Waals surface area (Å²) in [6, 6.07) is 17.7. The molecule has 1 aromatic heterocycles. The maximum atomic E-state index is 11.6. The molecular weight excluding hydrogens is 474 g/mol. The minimum absolute atomic E-state index is 0.0869. The van der Waals surface area contributed by atoms with Crippen LogP contribution >= 0.6 is 0 Å². The molecule has 0 fully saturated rings. The Morgan fingerprint density at radius 3 is 2.34 bits per heavy atom. The summed E-state index contributed by atoms with van der Waals surface area (Å²) in [7, 11) is 0. The van der Waals surface area contributed by atoms with Crippen molar-refractivity contribution in [1.29, 1.82) is 0 Å². The first-order valence-electron chi connectivity index (χ1n) is 13.7. The van der Waals surface area contributed by atoms with Crippen LogP contribution in [0, 0.1) is 24.0 Å². The lowest BCUT2D eigenvalue weighted by Gasteiger charge is -2.23. The van der Waals surface area contributed by atoms with Crippen LogP contribution in [0.2, 0.25) is 0 Å². The predicted octanol–water partition coefficient (Wildman–Crippen LogP) is 8.55. The number of non-ortho nitro benzene ring substituents is 1. The van der Waals surface area contributed by atoms with Gasteiger partial charge in [-0.2, -0.15) is 0 Å². The number of unbranched alkanes of at least 4 members (excludes halogenated alkanes) is 1. The molecular formula is C32H39N3O3. The number of nitro benzene ring substituents is 1. The number of aryl methyl sites for hydroxylation is 2. The normalized spacial score (nSPS) is 11.2. The highest BCUT2D eigenvalue weighted by Crippen LogP contribution is 2.46. The fraction of sp³-hybridized carbons (Fsp3) is 0.375. The van der Waals surface area contributed by atoms with Crippen molar-refractivity contribution in [2.75, 3.05) is 24.6 Å². The van der Waals surface area contributed by atoms with E-state index in [0.29, 0.717) is 6.61 Å². The second-order valence-corrected chi connectivity index (χ2v) is 9.69. The van der Waals surface area contributed by atoms with E-state index < -0.39 is 0 Å². The average Bonchev–Trinajstić information content (AvgIpc) is 3.17. The second-order valence-electron chi connectivity index (χ2n) is 9.69. The summed E-state index contributed by atoms with van der Waals surface area (Å²) in [4.78, 5) is 13.6. The van der Waals surface area contributed by atoms with Gasteiger partial charge in [0.2, 0.25) is 0 Å². The summed E-state index contributed by atoms with van der Waals surface area (Å²) in [5.74, 6) is 0.828. The number of anilines is 1. The van der Waals surface area contributed by atoms with E-state index in [9.17, 15) is 10.1 Å². The minimum Gasteiger partial charge on any atom is -0.493 e. The highest BCUT2D eigenvalue weighted by atomic mass is 16.6. The fourth-order valence-electron chi connectivity index (χ4n) is 5.45. The molecule has 0 atom stereocenters. The molecule has 0 radical (unpaired) electrons. The summed E-state index contributed by atoms with van der Waals surface area (Å²) in [6.07, 6.45) is 2.23. The van der Waals surface area contributed by atoms with Crippen LogP contribution in [0.25, 0.3) is 33.2 Å². The molecule has 0 aliphatic heterocycles. The van der Waals surface area contributed by atoms with Gasteiger partial charge in [0.1, 0.15) is 5.75 Å². The van der Waals surface area contributed by atoms with E-state index in [0.717, 1.165) is 66.2 Å². The van der Waals surface area contributed by atoms with Gasteiger partial charge in [0, 0.05) is 71.2 Å². The number of nitrogens with zero attached hydrogens (tertiary/aromatic N) is 3. The van der Waals surface area contributed by atoms with Crippen LogP contribution in [-0.4, -0.2) is 29.2 Å². The first-order chi connectivity index (χ1) is 18.4. The molecule has 6 nitrogen and oxygen atoms in total. The summed E-state index contributed by atoms with van der Waals surface area (Å²) >= 11 is 0. The fourth-order valence-corrected chi connectivity index (χ4v) is 5.45. The van der Waals surface area contributed by atoms with E-state index in [1.165, 1.54) is 22.2 Å². The van der Waals surface area contributed by atoms with Gasteiger partial charge in [0.25, 0.3) is 5.69 Å². The highest BCUT2D eigenvalue weighted by molar-refractivity contribution is 6.07. The van der Waals surface area contributed by atoms with Gasteiger partial charge >= 0.3 is 0 Å². The molecule has 0 N–H and O–H groups in total. The first-order valence-corrected chi connectivity index (χ1v) is 13.7. The Kier molecular flexibility index (Phi) is 8.40. The molecule has 4 rings (SSSR count). The van der Waals surface area contributed by atoms with E-state index in [4.69, 9.17) is 4.74 Å². The van der Waals surface area contributed by atoms with Crippen LogP contribution in [0.3, 0.4) is 0 Å². The molecule has 0 bridgehead atoms.